The van der Waals surface area contributed by atoms with E-state index in [1.165, 1.54) is 25.0 Å². The van der Waals surface area contributed by atoms with Crippen LogP contribution in [0.25, 0.3) is 11.3 Å². The molecule has 1 amide bonds. The molecule has 3 fully saturated rings. The minimum absolute atomic E-state index is 0.0726. The molecular formula is C36H38N6O5S. The zero-order valence-electron chi connectivity index (χ0n) is 27.1. The van der Waals surface area contributed by atoms with Gasteiger partial charge < -0.3 is 14.4 Å². The number of benzene rings is 2. The highest BCUT2D eigenvalue weighted by molar-refractivity contribution is 7.92. The Kier molecular flexibility index (Phi) is 7.58. The molecule has 11 nitrogen and oxygen atoms in total. The molecule has 248 valence electrons. The number of carbonyl (C=O) groups excluding carboxylic acids is 1. The molecule has 48 heavy (non-hydrogen) atoms. The van der Waals surface area contributed by atoms with Crippen LogP contribution >= 0.6 is 0 Å². The van der Waals surface area contributed by atoms with Gasteiger partial charge in [-0.25, -0.2) is 28.1 Å². The van der Waals surface area contributed by atoms with Gasteiger partial charge in [-0.15, -0.1) is 0 Å². The minimum Gasteiger partial charge on any atom is -0.487 e. The number of anilines is 1. The van der Waals surface area contributed by atoms with Gasteiger partial charge in [0.05, 0.1) is 41.7 Å². The van der Waals surface area contributed by atoms with Gasteiger partial charge in [-0.05, 0) is 86.6 Å². The summed E-state index contributed by atoms with van der Waals surface area (Å²) in [6.07, 6.45) is 11.2. The van der Waals surface area contributed by atoms with Crippen LogP contribution in [0, 0.1) is 25.2 Å². The fraction of sp³-hybridized carbons (Fsp3) is 0.417. The van der Waals surface area contributed by atoms with Gasteiger partial charge in [0.25, 0.3) is 15.9 Å². The average molecular weight is 667 g/mol. The number of nitrogens with one attached hydrogen (secondary N) is 1. The Morgan fingerprint density at radius 3 is 2.44 bits per heavy atom. The predicted octanol–water partition coefficient (Wildman–Crippen LogP) is 5.88. The number of sulfonamides is 1. The van der Waals surface area contributed by atoms with Crippen LogP contribution in [0.3, 0.4) is 0 Å². The number of hydrogen-bond donors (Lipinski definition) is 1. The Balaban J connectivity index is 1.15. The molecule has 1 atom stereocenters. The Labute approximate surface area is 280 Å². The van der Waals surface area contributed by atoms with Gasteiger partial charge >= 0.3 is 0 Å². The number of aromatic nitrogens is 4. The second kappa shape index (κ2) is 11.8. The highest BCUT2D eigenvalue weighted by atomic mass is 32.2. The van der Waals surface area contributed by atoms with Gasteiger partial charge in [0.1, 0.15) is 12.4 Å². The van der Waals surface area contributed by atoms with Crippen molar-refractivity contribution in [2.75, 3.05) is 11.3 Å². The number of hydrogen-bond acceptors (Lipinski definition) is 9. The maximum atomic E-state index is 14.3. The third-order valence-corrected chi connectivity index (χ3v) is 11.4. The van der Waals surface area contributed by atoms with Gasteiger partial charge in [0.2, 0.25) is 11.8 Å². The third-order valence-electron chi connectivity index (χ3n) is 10.1. The fourth-order valence-corrected chi connectivity index (χ4v) is 8.00. The highest BCUT2D eigenvalue weighted by Crippen LogP contribution is 2.61. The van der Waals surface area contributed by atoms with E-state index in [-0.39, 0.29) is 53.5 Å². The van der Waals surface area contributed by atoms with E-state index >= 15 is 0 Å². The molecule has 3 saturated carbocycles. The quantitative estimate of drug-likeness (QED) is 0.257. The summed E-state index contributed by atoms with van der Waals surface area (Å²) in [6, 6.07) is 13.3. The zero-order chi connectivity index (χ0) is 33.0. The lowest BCUT2D eigenvalue weighted by molar-refractivity contribution is 0.0495. The lowest BCUT2D eigenvalue weighted by Crippen LogP contribution is -2.44. The van der Waals surface area contributed by atoms with E-state index in [1.807, 2.05) is 32.0 Å². The first-order valence-electron chi connectivity index (χ1n) is 16.6. The molecule has 1 spiro atoms. The van der Waals surface area contributed by atoms with Crippen LogP contribution in [0.1, 0.15) is 72.3 Å². The van der Waals surface area contributed by atoms with Gasteiger partial charge in [0, 0.05) is 17.2 Å². The van der Waals surface area contributed by atoms with Gasteiger partial charge in [-0.1, -0.05) is 37.1 Å². The van der Waals surface area contributed by atoms with Crippen molar-refractivity contribution in [3.8, 4) is 22.9 Å². The molecule has 3 aliphatic carbocycles. The number of ether oxygens (including phenoxy) is 2. The smallest absolute Gasteiger partial charge is 0.264 e. The number of fused-ring (bicyclic) bond motifs is 4. The van der Waals surface area contributed by atoms with E-state index in [0.717, 1.165) is 42.4 Å². The van der Waals surface area contributed by atoms with E-state index in [9.17, 15) is 13.2 Å². The zero-order valence-corrected chi connectivity index (χ0v) is 27.9. The molecule has 2 aromatic carbocycles. The average Bonchev–Trinajstić information content (AvgIpc) is 3.98. The first kappa shape index (κ1) is 30.7. The first-order valence-corrected chi connectivity index (χ1v) is 18.1. The van der Waals surface area contributed by atoms with Gasteiger partial charge in [-0.3, -0.25) is 4.79 Å². The lowest BCUT2D eigenvalue weighted by atomic mass is 9.79. The van der Waals surface area contributed by atoms with Crippen LogP contribution in [0.2, 0.25) is 0 Å². The summed E-state index contributed by atoms with van der Waals surface area (Å²) in [5.41, 5.74) is 4.15. The van der Waals surface area contributed by atoms with Crippen LogP contribution in [-0.4, -0.2) is 57.9 Å². The first-order chi connectivity index (χ1) is 23.1. The molecular weight excluding hydrogens is 629 g/mol. The SMILES string of the molecule is Cc1cccc(C)c1-c1cc2nc(n1)NS(=O)(=O)c1cccc(c1)C(=O)N(Cc1ncc(OC3CC4(CC4)C3)cn1)[C@H](CC1CC1)CO2. The van der Waals surface area contributed by atoms with Crippen molar-refractivity contribution < 1.29 is 22.7 Å². The third kappa shape index (κ3) is 6.33. The van der Waals surface area contributed by atoms with Crippen molar-refractivity contribution >= 4 is 21.9 Å². The standard InChI is InChI=1S/C36H38N6O5S/c1-22-5-3-6-23(2)33(22)30-15-32-40-35(39-30)41-48(44,45)29-8-4-7-25(14-29)34(43)42(26(21-46-32)13-24-9-10-24)20-31-37-18-28(19-38-31)47-27-16-36(17-27)11-12-36/h3-8,14-15,18-19,24,26-27H,9-13,16-17,20-21H2,1-2H3,(H,39,40,41)/t26-/m1/s1. The molecule has 8 rings (SSSR count). The summed E-state index contributed by atoms with van der Waals surface area (Å²) >= 11 is 0. The van der Waals surface area contributed by atoms with Crippen LogP contribution in [-0.2, 0) is 16.6 Å². The maximum absolute atomic E-state index is 14.3. The van der Waals surface area contributed by atoms with Crippen molar-refractivity contribution in [2.24, 2.45) is 11.3 Å². The second-order valence-corrected chi connectivity index (χ2v) is 15.6. The number of carbonyl (C=O) groups is 1. The van der Waals surface area contributed by atoms with Crippen LogP contribution < -0.4 is 14.2 Å². The monoisotopic (exact) mass is 666 g/mol. The van der Waals surface area contributed by atoms with Crippen molar-refractivity contribution in [3.63, 3.8) is 0 Å². The lowest BCUT2D eigenvalue weighted by Gasteiger charge is -2.35. The highest BCUT2D eigenvalue weighted by Gasteiger charge is 2.54. The van der Waals surface area contributed by atoms with Gasteiger partial charge in [0.15, 0.2) is 5.75 Å². The molecule has 4 aromatic rings. The summed E-state index contributed by atoms with van der Waals surface area (Å²) in [5, 5.41) is 0. The van der Waals surface area contributed by atoms with Crippen molar-refractivity contribution in [1.29, 1.82) is 0 Å². The van der Waals surface area contributed by atoms with Crippen molar-refractivity contribution in [1.82, 2.24) is 24.8 Å². The fourth-order valence-electron chi connectivity index (χ4n) is 7.01. The Morgan fingerprint density at radius 2 is 1.73 bits per heavy atom. The molecule has 2 aromatic heterocycles. The maximum Gasteiger partial charge on any atom is 0.264 e. The molecule has 4 aliphatic rings. The van der Waals surface area contributed by atoms with Crippen LogP contribution in [0.15, 0.2) is 65.8 Å². The van der Waals surface area contributed by atoms with E-state index in [2.05, 4.69) is 24.7 Å². The molecule has 4 bridgehead atoms. The normalized spacial score (nSPS) is 21.2. The Bertz CT molecular complexity index is 1970. The molecule has 0 unspecified atom stereocenters. The number of aryl methyl sites for hydroxylation is 2. The molecule has 1 aliphatic heterocycles. The molecule has 1 N–H and O–H groups in total. The number of nitrogens with zero attached hydrogens (tertiary/aromatic N) is 5. The van der Waals surface area contributed by atoms with E-state index in [4.69, 9.17) is 9.47 Å². The summed E-state index contributed by atoms with van der Waals surface area (Å²) < 4.78 is 42.2. The predicted molar refractivity (Wildman–Crippen MR) is 178 cm³/mol. The Morgan fingerprint density at radius 1 is 1.00 bits per heavy atom. The topological polar surface area (TPSA) is 136 Å². The van der Waals surface area contributed by atoms with Crippen molar-refractivity contribution in [3.05, 3.63) is 83.4 Å². The van der Waals surface area contributed by atoms with Crippen LogP contribution in [0.4, 0.5) is 5.95 Å². The van der Waals surface area contributed by atoms with Crippen molar-refractivity contribution in [2.45, 2.75) is 82.4 Å². The molecule has 12 heteroatoms. The summed E-state index contributed by atoms with van der Waals surface area (Å²) in [6.45, 7) is 4.22. The molecule has 0 radical (unpaired) electrons. The summed E-state index contributed by atoms with van der Waals surface area (Å²) in [4.78, 5) is 34.2. The van der Waals surface area contributed by atoms with E-state index in [0.29, 0.717) is 35.0 Å². The van der Waals surface area contributed by atoms with E-state index < -0.39 is 10.0 Å². The van der Waals surface area contributed by atoms with Gasteiger partial charge in [-0.2, -0.15) is 4.98 Å². The molecule has 3 heterocycles. The largest absolute Gasteiger partial charge is 0.487 e. The van der Waals surface area contributed by atoms with E-state index in [1.54, 1.807) is 35.5 Å². The number of amides is 1. The van der Waals surface area contributed by atoms with Crippen LogP contribution in [0.5, 0.6) is 11.6 Å². The summed E-state index contributed by atoms with van der Waals surface area (Å²) in [5.74, 6) is 1.31. The Hall–Kier alpha value is -4.58. The second-order valence-electron chi connectivity index (χ2n) is 13.9. The number of rotatable bonds is 7. The summed E-state index contributed by atoms with van der Waals surface area (Å²) in [7, 11) is -4.16. The minimum atomic E-state index is -4.16. The molecule has 0 saturated heterocycles.